The summed E-state index contributed by atoms with van der Waals surface area (Å²) in [5, 5.41) is 86.5. The number of aliphatic hydroxyl groups is 9. The summed E-state index contributed by atoms with van der Waals surface area (Å²) in [6.45, 7) is -1.26. The summed E-state index contributed by atoms with van der Waals surface area (Å²) < 4.78 is 10.3. The lowest BCUT2D eigenvalue weighted by Crippen LogP contribution is -2.60. The Morgan fingerprint density at radius 3 is 2.46 bits per heavy atom. The molecule has 0 aliphatic carbocycles. The van der Waals surface area contributed by atoms with Gasteiger partial charge in [0.1, 0.15) is 18.3 Å². The van der Waals surface area contributed by atoms with Crippen LogP contribution in [0.15, 0.2) is 0 Å². The normalized spacial score (nSPS) is 31.3. The summed E-state index contributed by atoms with van der Waals surface area (Å²) in [7, 11) is 0. The van der Waals surface area contributed by atoms with E-state index in [4.69, 9.17) is 14.6 Å². The van der Waals surface area contributed by atoms with Gasteiger partial charge in [0.2, 0.25) is 0 Å². The lowest BCUT2D eigenvalue weighted by molar-refractivity contribution is -0.305. The third-order valence-electron chi connectivity index (χ3n) is 4.37. The molecule has 0 amide bonds. The highest BCUT2D eigenvalue weighted by Crippen LogP contribution is 2.31. The summed E-state index contributed by atoms with van der Waals surface area (Å²) in [5.41, 5.74) is 0. The zero-order chi connectivity index (χ0) is 20.0. The average molecular weight is 384 g/mol. The van der Waals surface area contributed by atoms with Crippen LogP contribution in [-0.2, 0) is 9.47 Å². The smallest absolute Gasteiger partial charge is 0.197 e. The first-order valence-electron chi connectivity index (χ1n) is 8.07. The number of hydrogen-bond donors (Lipinski definition) is 9. The van der Waals surface area contributed by atoms with Crippen molar-refractivity contribution < 1.29 is 55.4 Å². The van der Waals surface area contributed by atoms with E-state index in [-0.39, 0.29) is 19.8 Å². The van der Waals surface area contributed by atoms with Gasteiger partial charge in [-0.2, -0.15) is 0 Å². The van der Waals surface area contributed by atoms with E-state index in [1.807, 2.05) is 0 Å². The van der Waals surface area contributed by atoms with E-state index in [0.717, 1.165) is 6.42 Å². The first-order valence-corrected chi connectivity index (χ1v) is 8.07. The van der Waals surface area contributed by atoms with E-state index in [1.165, 1.54) is 0 Å². The maximum atomic E-state index is 10.2. The molecular weight excluding hydrogens is 356 g/mol. The minimum atomic E-state index is -2.78. The van der Waals surface area contributed by atoms with Crippen LogP contribution in [0.25, 0.3) is 0 Å². The Labute approximate surface area is 150 Å². The van der Waals surface area contributed by atoms with Gasteiger partial charge >= 0.3 is 0 Å². The van der Waals surface area contributed by atoms with Crippen molar-refractivity contribution >= 4 is 0 Å². The molecule has 1 aliphatic rings. The van der Waals surface area contributed by atoms with E-state index in [2.05, 4.69) is 0 Å². The molecule has 1 saturated heterocycles. The van der Waals surface area contributed by atoms with Gasteiger partial charge in [-0.1, -0.05) is 0 Å². The fraction of sp³-hybridized carbons (Fsp3) is 0.867. The van der Waals surface area contributed by atoms with Gasteiger partial charge in [0, 0.05) is 31.3 Å². The van der Waals surface area contributed by atoms with Gasteiger partial charge in [0.25, 0.3) is 0 Å². The standard InChI is InChI=1S/C15H28O11/c16-3-2-14(21,22)12(19)1-4-25-7-10-9(5-17)6-26-8-11(18)13(20)15(10,23)24/h1,3,9-13,16-24H,2,4-8H2. The van der Waals surface area contributed by atoms with E-state index >= 15 is 0 Å². The Morgan fingerprint density at radius 2 is 1.88 bits per heavy atom. The summed E-state index contributed by atoms with van der Waals surface area (Å²) in [5.74, 6) is -7.45. The van der Waals surface area contributed by atoms with E-state index in [0.29, 0.717) is 6.61 Å². The molecule has 5 unspecified atom stereocenters. The van der Waals surface area contributed by atoms with Crippen molar-refractivity contribution in [2.24, 2.45) is 11.8 Å². The molecule has 2 radical (unpaired) electrons. The zero-order valence-corrected chi connectivity index (χ0v) is 14.1. The van der Waals surface area contributed by atoms with Crippen molar-refractivity contribution in [1.29, 1.82) is 0 Å². The van der Waals surface area contributed by atoms with E-state index in [1.54, 1.807) is 0 Å². The van der Waals surface area contributed by atoms with Crippen molar-refractivity contribution in [3.8, 4) is 0 Å². The lowest BCUT2D eigenvalue weighted by atomic mass is 9.81. The van der Waals surface area contributed by atoms with Gasteiger partial charge in [0.05, 0.1) is 33.0 Å². The Bertz CT molecular complexity index is 403. The number of aliphatic hydroxyl groups excluding tert-OH is 5. The van der Waals surface area contributed by atoms with Crippen LogP contribution < -0.4 is 0 Å². The maximum absolute atomic E-state index is 10.2. The van der Waals surface area contributed by atoms with Crippen LogP contribution in [0.4, 0.5) is 0 Å². The third kappa shape index (κ3) is 6.04. The highest BCUT2D eigenvalue weighted by Gasteiger charge is 2.49. The zero-order valence-electron chi connectivity index (χ0n) is 14.1. The second-order valence-electron chi connectivity index (χ2n) is 6.37. The topological polar surface area (TPSA) is 201 Å². The molecule has 1 aliphatic heterocycles. The first-order chi connectivity index (χ1) is 12.1. The number of ether oxygens (including phenoxy) is 2. The SMILES string of the molecule is O[CH]CC(O)(O)C(O)[CH]COCC1C(CO)COCC(O)C(O)C1(O)O. The summed E-state index contributed by atoms with van der Waals surface area (Å²) in [4.78, 5) is 0. The average Bonchev–Trinajstić information content (AvgIpc) is 2.57. The molecular formula is C15H28O11. The second-order valence-corrected chi connectivity index (χ2v) is 6.37. The highest BCUT2D eigenvalue weighted by molar-refractivity contribution is 4.93. The lowest BCUT2D eigenvalue weighted by Gasteiger charge is -2.42. The van der Waals surface area contributed by atoms with Crippen LogP contribution in [0.1, 0.15) is 6.42 Å². The Kier molecular flexibility index (Phi) is 9.26. The molecule has 11 nitrogen and oxygen atoms in total. The molecule has 9 N–H and O–H groups in total. The number of hydrogen-bond acceptors (Lipinski definition) is 11. The molecule has 1 heterocycles. The van der Waals surface area contributed by atoms with Crippen LogP contribution >= 0.6 is 0 Å². The van der Waals surface area contributed by atoms with Gasteiger partial charge in [-0.05, 0) is 0 Å². The summed E-state index contributed by atoms with van der Waals surface area (Å²) in [6.07, 6.45) is -4.93. The minimum Gasteiger partial charge on any atom is -0.396 e. The van der Waals surface area contributed by atoms with Crippen molar-refractivity contribution in [2.45, 2.75) is 36.3 Å². The summed E-state index contributed by atoms with van der Waals surface area (Å²) in [6, 6.07) is 0. The predicted octanol–water partition coefficient (Wildman–Crippen LogP) is -4.17. The molecule has 1 rings (SSSR count). The van der Waals surface area contributed by atoms with Gasteiger partial charge < -0.3 is 55.4 Å². The predicted molar refractivity (Wildman–Crippen MR) is 83.2 cm³/mol. The van der Waals surface area contributed by atoms with E-state index in [9.17, 15) is 40.9 Å². The fourth-order valence-corrected chi connectivity index (χ4v) is 2.63. The molecule has 0 spiro atoms. The Balaban J connectivity index is 2.65. The fourth-order valence-electron chi connectivity index (χ4n) is 2.63. The van der Waals surface area contributed by atoms with Gasteiger partial charge in [0.15, 0.2) is 11.6 Å². The van der Waals surface area contributed by atoms with Crippen molar-refractivity contribution in [2.75, 3.05) is 33.0 Å². The van der Waals surface area contributed by atoms with Crippen molar-refractivity contribution in [3.63, 3.8) is 0 Å². The Hall–Kier alpha value is -0.440. The summed E-state index contributed by atoms with van der Waals surface area (Å²) >= 11 is 0. The van der Waals surface area contributed by atoms with Gasteiger partial charge in [-0.3, -0.25) is 0 Å². The number of rotatable bonds is 9. The van der Waals surface area contributed by atoms with Crippen LogP contribution in [0.3, 0.4) is 0 Å². The molecule has 0 aromatic heterocycles. The third-order valence-corrected chi connectivity index (χ3v) is 4.37. The van der Waals surface area contributed by atoms with Gasteiger partial charge in [-0.25, -0.2) is 0 Å². The second kappa shape index (κ2) is 10.2. The molecule has 0 bridgehead atoms. The molecule has 1 fully saturated rings. The van der Waals surface area contributed by atoms with E-state index < -0.39 is 61.4 Å². The molecule has 26 heavy (non-hydrogen) atoms. The van der Waals surface area contributed by atoms with Crippen LogP contribution in [0.2, 0.25) is 0 Å². The highest BCUT2D eigenvalue weighted by atomic mass is 16.5. The molecule has 0 saturated carbocycles. The maximum Gasteiger partial charge on any atom is 0.197 e. The van der Waals surface area contributed by atoms with Gasteiger partial charge in [-0.15, -0.1) is 0 Å². The quantitative estimate of drug-likeness (QED) is 0.138. The Morgan fingerprint density at radius 1 is 1.23 bits per heavy atom. The minimum absolute atomic E-state index is 0.119. The first kappa shape index (κ1) is 23.6. The molecule has 0 aromatic rings. The van der Waals surface area contributed by atoms with Crippen molar-refractivity contribution in [3.05, 3.63) is 13.0 Å². The van der Waals surface area contributed by atoms with Crippen LogP contribution in [-0.4, -0.2) is 109 Å². The monoisotopic (exact) mass is 384 g/mol. The van der Waals surface area contributed by atoms with Crippen LogP contribution in [0.5, 0.6) is 0 Å². The molecule has 5 atom stereocenters. The molecule has 154 valence electrons. The largest absolute Gasteiger partial charge is 0.396 e. The molecule has 11 heteroatoms. The molecule has 0 aromatic carbocycles. The van der Waals surface area contributed by atoms with Crippen molar-refractivity contribution in [1.82, 2.24) is 0 Å². The van der Waals surface area contributed by atoms with Crippen LogP contribution in [0, 0.1) is 24.9 Å².